The molecule has 0 amide bonds. The Hall–Kier alpha value is -1.76. The fraction of sp³-hybridized carbons (Fsp3) is 0.538. The molecule has 108 valence electrons. The molecule has 2 aromatic rings. The maximum Gasteiger partial charge on any atom is 0.305 e. The summed E-state index contributed by atoms with van der Waals surface area (Å²) in [6, 6.07) is 4.00. The molecule has 20 heavy (non-hydrogen) atoms. The number of hydrogen-bond donors (Lipinski definition) is 1. The van der Waals surface area contributed by atoms with Crippen LogP contribution in [-0.2, 0) is 17.6 Å². The highest BCUT2D eigenvalue weighted by Crippen LogP contribution is 2.17. The third kappa shape index (κ3) is 3.86. The topological polar surface area (TPSA) is 80.9 Å². The molecule has 0 aromatic carbocycles. The minimum atomic E-state index is -0.822. The average molecular weight is 294 g/mol. The number of thiophene rings is 1. The van der Waals surface area contributed by atoms with Gasteiger partial charge in [0.15, 0.2) is 5.82 Å². The van der Waals surface area contributed by atoms with Crippen LogP contribution in [0.2, 0.25) is 0 Å². The quantitative estimate of drug-likeness (QED) is 0.808. The van der Waals surface area contributed by atoms with Crippen molar-refractivity contribution < 1.29 is 9.90 Å². The Morgan fingerprint density at radius 3 is 3.00 bits per heavy atom. The zero-order valence-corrected chi connectivity index (χ0v) is 12.2. The Bertz CT molecular complexity index is 538. The van der Waals surface area contributed by atoms with Gasteiger partial charge in [0.2, 0.25) is 0 Å². The first-order valence-corrected chi connectivity index (χ1v) is 7.59. The summed E-state index contributed by atoms with van der Waals surface area (Å²) in [6.07, 6.45) is 3.49. The van der Waals surface area contributed by atoms with E-state index in [0.717, 1.165) is 25.1 Å². The van der Waals surface area contributed by atoms with Crippen molar-refractivity contribution in [3.63, 3.8) is 0 Å². The van der Waals surface area contributed by atoms with E-state index < -0.39 is 5.97 Å². The van der Waals surface area contributed by atoms with Gasteiger partial charge in [-0.05, 0) is 41.1 Å². The Morgan fingerprint density at radius 2 is 2.35 bits per heavy atom. The van der Waals surface area contributed by atoms with Crippen LogP contribution < -0.4 is 0 Å². The minimum absolute atomic E-state index is 0.0550. The minimum Gasteiger partial charge on any atom is -0.481 e. The molecule has 2 rings (SSSR count). The van der Waals surface area contributed by atoms with Crippen LogP contribution in [0.5, 0.6) is 0 Å². The van der Waals surface area contributed by atoms with Gasteiger partial charge in [0.05, 0.1) is 12.5 Å². The van der Waals surface area contributed by atoms with Crippen molar-refractivity contribution in [2.45, 2.75) is 45.1 Å². The van der Waals surface area contributed by atoms with E-state index in [9.17, 15) is 4.79 Å². The fourth-order valence-electron chi connectivity index (χ4n) is 2.14. The Labute approximate surface area is 121 Å². The first-order chi connectivity index (χ1) is 9.70. The number of aryl methyl sites for hydroxylation is 2. The highest BCUT2D eigenvalue weighted by Gasteiger charge is 2.18. The van der Waals surface area contributed by atoms with Crippen molar-refractivity contribution >= 4 is 17.3 Å². The highest BCUT2D eigenvalue weighted by atomic mass is 32.1. The number of aromatic nitrogens is 4. The monoisotopic (exact) mass is 294 g/mol. The summed E-state index contributed by atoms with van der Waals surface area (Å²) >= 11 is 1.75. The first kappa shape index (κ1) is 14.6. The molecule has 1 atom stereocenters. The van der Waals surface area contributed by atoms with Crippen molar-refractivity contribution in [1.82, 2.24) is 20.2 Å². The van der Waals surface area contributed by atoms with Crippen LogP contribution in [-0.4, -0.2) is 31.3 Å². The predicted octanol–water partition coefficient (Wildman–Crippen LogP) is 2.34. The van der Waals surface area contributed by atoms with E-state index in [1.54, 1.807) is 16.0 Å². The van der Waals surface area contributed by atoms with Gasteiger partial charge in [-0.25, -0.2) is 4.68 Å². The number of carbonyl (C=O) groups is 1. The number of rotatable bonds is 8. The Morgan fingerprint density at radius 1 is 1.50 bits per heavy atom. The summed E-state index contributed by atoms with van der Waals surface area (Å²) in [6.45, 7) is 1.95. The first-order valence-electron chi connectivity index (χ1n) is 6.71. The van der Waals surface area contributed by atoms with Gasteiger partial charge >= 0.3 is 5.97 Å². The second-order valence-corrected chi connectivity index (χ2v) is 5.66. The summed E-state index contributed by atoms with van der Waals surface area (Å²) in [5.74, 6) is -0.0495. The molecule has 0 aliphatic carbocycles. The number of tetrazole rings is 1. The maximum absolute atomic E-state index is 10.9. The summed E-state index contributed by atoms with van der Waals surface area (Å²) in [5.41, 5.74) is 0. The van der Waals surface area contributed by atoms with Gasteiger partial charge in [0.25, 0.3) is 0 Å². The largest absolute Gasteiger partial charge is 0.481 e. The zero-order chi connectivity index (χ0) is 14.4. The second-order valence-electron chi connectivity index (χ2n) is 4.63. The van der Waals surface area contributed by atoms with E-state index in [4.69, 9.17) is 5.11 Å². The van der Waals surface area contributed by atoms with Crippen LogP contribution in [0.4, 0.5) is 0 Å². The SMILES string of the molecule is CCC(CC(=O)O)n1nnnc1CCCc1cccs1. The number of hydrogen-bond acceptors (Lipinski definition) is 5. The highest BCUT2D eigenvalue weighted by molar-refractivity contribution is 7.09. The molecule has 6 nitrogen and oxygen atoms in total. The molecule has 7 heteroatoms. The van der Waals surface area contributed by atoms with Crippen molar-refractivity contribution in [2.24, 2.45) is 0 Å². The molecule has 0 saturated heterocycles. The Kier molecular flexibility index (Phi) is 5.23. The number of carboxylic acid groups (broad SMARTS) is 1. The van der Waals surface area contributed by atoms with Crippen LogP contribution >= 0.6 is 11.3 Å². The van der Waals surface area contributed by atoms with Gasteiger partial charge in [0.1, 0.15) is 0 Å². The van der Waals surface area contributed by atoms with E-state index >= 15 is 0 Å². The average Bonchev–Trinajstić information content (AvgIpc) is 3.07. The van der Waals surface area contributed by atoms with Crippen LogP contribution in [0.25, 0.3) is 0 Å². The van der Waals surface area contributed by atoms with E-state index in [1.807, 2.05) is 13.0 Å². The van der Waals surface area contributed by atoms with Crippen molar-refractivity contribution in [3.05, 3.63) is 28.2 Å². The molecule has 0 spiro atoms. The molecular formula is C13H18N4O2S. The molecule has 0 bridgehead atoms. The van der Waals surface area contributed by atoms with E-state index in [1.165, 1.54) is 4.88 Å². The third-order valence-corrected chi connectivity index (χ3v) is 4.13. The third-order valence-electron chi connectivity index (χ3n) is 3.19. The second kappa shape index (κ2) is 7.14. The van der Waals surface area contributed by atoms with E-state index in [2.05, 4.69) is 27.0 Å². The summed E-state index contributed by atoms with van der Waals surface area (Å²) < 4.78 is 1.67. The standard InChI is InChI=1S/C13H18N4O2S/c1-2-10(9-13(18)19)17-12(14-15-16-17)7-3-5-11-6-4-8-20-11/h4,6,8,10H,2-3,5,7,9H2,1H3,(H,18,19). The van der Waals surface area contributed by atoms with E-state index in [-0.39, 0.29) is 12.5 Å². The number of aliphatic carboxylic acids is 1. The lowest BCUT2D eigenvalue weighted by Crippen LogP contribution is -2.17. The van der Waals surface area contributed by atoms with Gasteiger partial charge in [-0.15, -0.1) is 16.4 Å². The summed E-state index contributed by atoms with van der Waals surface area (Å²) in [7, 11) is 0. The van der Waals surface area contributed by atoms with Gasteiger partial charge in [0, 0.05) is 11.3 Å². The number of nitrogens with zero attached hydrogens (tertiary/aromatic N) is 4. The lowest BCUT2D eigenvalue weighted by Gasteiger charge is -2.14. The molecule has 1 unspecified atom stereocenters. The molecule has 2 aromatic heterocycles. The van der Waals surface area contributed by atoms with Gasteiger partial charge in [-0.2, -0.15) is 0 Å². The maximum atomic E-state index is 10.9. The van der Waals surface area contributed by atoms with Gasteiger partial charge in [-0.3, -0.25) is 4.79 Å². The van der Waals surface area contributed by atoms with Crippen LogP contribution in [0.3, 0.4) is 0 Å². The van der Waals surface area contributed by atoms with E-state index in [0.29, 0.717) is 6.42 Å². The molecule has 0 saturated carbocycles. The molecule has 1 N–H and O–H groups in total. The molecule has 2 heterocycles. The molecule has 0 fully saturated rings. The molecule has 0 aliphatic heterocycles. The van der Waals surface area contributed by atoms with Crippen molar-refractivity contribution in [2.75, 3.05) is 0 Å². The fourth-order valence-corrected chi connectivity index (χ4v) is 2.89. The molecular weight excluding hydrogens is 276 g/mol. The smallest absolute Gasteiger partial charge is 0.305 e. The van der Waals surface area contributed by atoms with Crippen LogP contribution in [0, 0.1) is 0 Å². The normalized spacial score (nSPS) is 12.4. The molecule has 0 aliphatic rings. The lowest BCUT2D eigenvalue weighted by atomic mass is 10.1. The number of carboxylic acids is 1. The van der Waals surface area contributed by atoms with Gasteiger partial charge in [-0.1, -0.05) is 13.0 Å². The summed E-state index contributed by atoms with van der Waals surface area (Å²) in [4.78, 5) is 12.2. The zero-order valence-electron chi connectivity index (χ0n) is 11.4. The summed E-state index contributed by atoms with van der Waals surface area (Å²) in [5, 5.41) is 22.7. The molecule has 0 radical (unpaired) electrons. The van der Waals surface area contributed by atoms with Crippen LogP contribution in [0.1, 0.15) is 42.9 Å². The van der Waals surface area contributed by atoms with Gasteiger partial charge < -0.3 is 5.11 Å². The lowest BCUT2D eigenvalue weighted by molar-refractivity contribution is -0.138. The van der Waals surface area contributed by atoms with Crippen molar-refractivity contribution in [3.8, 4) is 0 Å². The Balaban J connectivity index is 1.95. The predicted molar refractivity (Wildman–Crippen MR) is 75.7 cm³/mol. The van der Waals surface area contributed by atoms with Crippen molar-refractivity contribution in [1.29, 1.82) is 0 Å². The van der Waals surface area contributed by atoms with Crippen LogP contribution in [0.15, 0.2) is 17.5 Å².